The Morgan fingerprint density at radius 1 is 1.04 bits per heavy atom. The lowest BCUT2D eigenvalue weighted by Gasteiger charge is -2.43. The number of alkyl halides is 2. The van der Waals surface area contributed by atoms with Crippen molar-refractivity contribution in [1.29, 1.82) is 0 Å². The van der Waals surface area contributed by atoms with Gasteiger partial charge in [-0.15, -0.1) is 0 Å². The van der Waals surface area contributed by atoms with Crippen molar-refractivity contribution >= 4 is 5.91 Å². The van der Waals surface area contributed by atoms with E-state index in [2.05, 4.69) is 10.2 Å². The molecule has 6 heteroatoms. The van der Waals surface area contributed by atoms with Gasteiger partial charge in [0.05, 0.1) is 0 Å². The minimum Gasteiger partial charge on any atom is -0.383 e. The molecule has 0 aromatic carbocycles. The van der Waals surface area contributed by atoms with Gasteiger partial charge >= 0.3 is 5.92 Å². The molecular weight excluding hydrogens is 302 g/mol. The number of hydrogen-bond acceptors (Lipinski definition) is 3. The van der Waals surface area contributed by atoms with Crippen LogP contribution < -0.4 is 5.32 Å². The minimum atomic E-state index is -3.67. The maximum atomic E-state index is 14.1. The lowest BCUT2D eigenvalue weighted by atomic mass is 9.75. The van der Waals surface area contributed by atoms with Gasteiger partial charge < -0.3 is 15.3 Å². The van der Waals surface area contributed by atoms with Crippen molar-refractivity contribution in [1.82, 2.24) is 10.2 Å². The van der Waals surface area contributed by atoms with E-state index in [-0.39, 0.29) is 18.9 Å². The molecule has 3 rings (SSSR count). The number of piperidine rings is 1. The zero-order valence-corrected chi connectivity index (χ0v) is 13.7. The molecule has 0 aromatic heterocycles. The van der Waals surface area contributed by atoms with Crippen molar-refractivity contribution in [2.45, 2.75) is 87.8 Å². The van der Waals surface area contributed by atoms with Crippen molar-refractivity contribution in [3.8, 4) is 0 Å². The molecule has 3 fully saturated rings. The Morgan fingerprint density at radius 3 is 2.17 bits per heavy atom. The number of aliphatic hydroxyl groups is 1. The van der Waals surface area contributed by atoms with Crippen LogP contribution >= 0.6 is 0 Å². The summed E-state index contributed by atoms with van der Waals surface area (Å²) in [6.07, 6.45) is 8.37. The van der Waals surface area contributed by atoms with Crippen LogP contribution in [0, 0.1) is 0 Å². The molecule has 0 atom stereocenters. The van der Waals surface area contributed by atoms with Crippen molar-refractivity contribution in [3.05, 3.63) is 0 Å². The number of carbonyl (C=O) groups is 1. The number of likely N-dealkylation sites (tertiary alicyclic amines) is 1. The van der Waals surface area contributed by atoms with Crippen LogP contribution in [-0.2, 0) is 4.79 Å². The molecule has 2 saturated carbocycles. The van der Waals surface area contributed by atoms with E-state index >= 15 is 0 Å². The fraction of sp³-hybridized carbons (Fsp3) is 0.941. The van der Waals surface area contributed by atoms with Gasteiger partial charge in [-0.25, -0.2) is 0 Å². The first-order valence-electron chi connectivity index (χ1n) is 9.08. The van der Waals surface area contributed by atoms with Crippen molar-refractivity contribution in [2.24, 2.45) is 0 Å². The van der Waals surface area contributed by atoms with Gasteiger partial charge in [0.2, 0.25) is 0 Å². The maximum Gasteiger partial charge on any atom is 0.352 e. The Balaban J connectivity index is 1.47. The van der Waals surface area contributed by atoms with E-state index in [1.54, 1.807) is 0 Å². The van der Waals surface area contributed by atoms with Gasteiger partial charge in [-0.3, -0.25) is 4.79 Å². The average Bonchev–Trinajstić information content (AvgIpc) is 2.54. The van der Waals surface area contributed by atoms with E-state index < -0.39 is 17.4 Å². The zero-order valence-electron chi connectivity index (χ0n) is 13.7. The second kappa shape index (κ2) is 6.63. The highest BCUT2D eigenvalue weighted by Gasteiger charge is 2.61. The molecule has 0 bridgehead atoms. The van der Waals surface area contributed by atoms with Crippen LogP contribution in [0.15, 0.2) is 0 Å². The van der Waals surface area contributed by atoms with Gasteiger partial charge in [0, 0.05) is 25.2 Å². The van der Waals surface area contributed by atoms with E-state index in [0.717, 1.165) is 25.9 Å². The van der Waals surface area contributed by atoms with E-state index in [1.165, 1.54) is 32.1 Å². The number of halogens is 2. The summed E-state index contributed by atoms with van der Waals surface area (Å²) in [7, 11) is 0. The first kappa shape index (κ1) is 17.1. The first-order chi connectivity index (χ1) is 10.9. The highest BCUT2D eigenvalue weighted by Crippen LogP contribution is 2.44. The molecule has 1 heterocycles. The fourth-order valence-corrected chi connectivity index (χ4v) is 4.17. The quantitative estimate of drug-likeness (QED) is 0.832. The molecular formula is C17H28F2N2O2. The van der Waals surface area contributed by atoms with Crippen LogP contribution in [-0.4, -0.2) is 52.6 Å². The number of amides is 1. The molecule has 2 aliphatic carbocycles. The van der Waals surface area contributed by atoms with Crippen LogP contribution in [0.1, 0.15) is 64.2 Å². The molecule has 1 saturated heterocycles. The lowest BCUT2D eigenvalue weighted by Crippen LogP contribution is -2.62. The zero-order chi connectivity index (χ0) is 16.5. The number of nitrogens with one attached hydrogen (secondary N) is 1. The van der Waals surface area contributed by atoms with Crippen LogP contribution in [0.5, 0.6) is 0 Å². The monoisotopic (exact) mass is 330 g/mol. The van der Waals surface area contributed by atoms with E-state index in [0.29, 0.717) is 12.5 Å². The summed E-state index contributed by atoms with van der Waals surface area (Å²) in [5.41, 5.74) is -2.13. The minimum absolute atomic E-state index is 0.00748. The second-order valence-electron chi connectivity index (χ2n) is 7.54. The number of carbonyl (C=O) groups excluding carboxylic acids is 1. The summed E-state index contributed by atoms with van der Waals surface area (Å²) in [6, 6.07) is 0.439. The maximum absolute atomic E-state index is 14.1. The third kappa shape index (κ3) is 3.38. The topological polar surface area (TPSA) is 52.6 Å². The normalized spacial score (nSPS) is 27.4. The highest BCUT2D eigenvalue weighted by molar-refractivity contribution is 5.85. The molecule has 0 spiro atoms. The molecule has 1 amide bonds. The Bertz CT molecular complexity index is 426. The third-order valence-corrected chi connectivity index (χ3v) is 6.01. The molecule has 23 heavy (non-hydrogen) atoms. The molecule has 0 radical (unpaired) electrons. The van der Waals surface area contributed by atoms with E-state index in [4.69, 9.17) is 0 Å². The van der Waals surface area contributed by atoms with Crippen LogP contribution in [0.25, 0.3) is 0 Å². The van der Waals surface area contributed by atoms with Gasteiger partial charge in [-0.2, -0.15) is 8.78 Å². The Hall–Kier alpha value is -0.750. The summed E-state index contributed by atoms with van der Waals surface area (Å²) in [4.78, 5) is 14.4. The van der Waals surface area contributed by atoms with Gasteiger partial charge in [0.25, 0.3) is 5.91 Å². The van der Waals surface area contributed by atoms with E-state index in [1.807, 2.05) is 0 Å². The molecule has 4 nitrogen and oxygen atoms in total. The van der Waals surface area contributed by atoms with Crippen LogP contribution in [0.2, 0.25) is 0 Å². The number of nitrogens with zero attached hydrogens (tertiary/aromatic N) is 1. The van der Waals surface area contributed by atoms with Gasteiger partial charge in [0.1, 0.15) is 5.60 Å². The summed E-state index contributed by atoms with van der Waals surface area (Å²) < 4.78 is 28.2. The standard InChI is InChI=1S/C17H28F2N2O2/c18-17(19,16(23)9-4-10-16)15(22)20-13-7-11-21(12-8-13)14-5-2-1-3-6-14/h13-14,23H,1-12H2,(H,20,22). The fourth-order valence-electron chi connectivity index (χ4n) is 4.17. The van der Waals surface area contributed by atoms with Gasteiger partial charge in [0.15, 0.2) is 0 Å². The Labute approximate surface area is 136 Å². The van der Waals surface area contributed by atoms with E-state index in [9.17, 15) is 18.7 Å². The molecule has 1 aliphatic heterocycles. The summed E-state index contributed by atoms with van der Waals surface area (Å²) in [5, 5.41) is 12.3. The summed E-state index contributed by atoms with van der Waals surface area (Å²) >= 11 is 0. The Kier molecular flexibility index (Phi) is 4.93. The molecule has 0 aromatic rings. The smallest absolute Gasteiger partial charge is 0.352 e. The largest absolute Gasteiger partial charge is 0.383 e. The molecule has 132 valence electrons. The van der Waals surface area contributed by atoms with Crippen LogP contribution in [0.3, 0.4) is 0 Å². The third-order valence-electron chi connectivity index (χ3n) is 6.01. The lowest BCUT2D eigenvalue weighted by molar-refractivity contribution is -0.216. The predicted octanol–water partition coefficient (Wildman–Crippen LogP) is 2.45. The SMILES string of the molecule is O=C(NC1CCN(C2CCCCC2)CC1)C(F)(F)C1(O)CCC1. The van der Waals surface area contributed by atoms with Gasteiger partial charge in [-0.1, -0.05) is 19.3 Å². The van der Waals surface area contributed by atoms with Crippen LogP contribution in [0.4, 0.5) is 8.78 Å². The van der Waals surface area contributed by atoms with Gasteiger partial charge in [-0.05, 0) is 44.9 Å². The Morgan fingerprint density at radius 2 is 1.65 bits per heavy atom. The van der Waals surface area contributed by atoms with Crippen molar-refractivity contribution in [3.63, 3.8) is 0 Å². The molecule has 3 aliphatic rings. The van der Waals surface area contributed by atoms with Crippen molar-refractivity contribution in [2.75, 3.05) is 13.1 Å². The first-order valence-corrected chi connectivity index (χ1v) is 9.08. The van der Waals surface area contributed by atoms with Crippen molar-refractivity contribution < 1.29 is 18.7 Å². The number of hydrogen-bond donors (Lipinski definition) is 2. The summed E-state index contributed by atoms with van der Waals surface area (Å²) in [5.74, 6) is -4.97. The predicted molar refractivity (Wildman–Crippen MR) is 83.4 cm³/mol. The molecule has 2 N–H and O–H groups in total. The second-order valence-corrected chi connectivity index (χ2v) is 7.54. The molecule has 0 unspecified atom stereocenters. The average molecular weight is 330 g/mol. The number of rotatable bonds is 4. The highest BCUT2D eigenvalue weighted by atomic mass is 19.3. The summed E-state index contributed by atoms with van der Waals surface area (Å²) in [6.45, 7) is 1.73.